The number of hydrogen-bond donors (Lipinski definition) is 2. The van der Waals surface area contributed by atoms with Gasteiger partial charge in [-0.25, -0.2) is 4.39 Å². The molecule has 6 nitrogen and oxygen atoms in total. The van der Waals surface area contributed by atoms with Crippen LogP contribution in [0.3, 0.4) is 0 Å². The van der Waals surface area contributed by atoms with Crippen LogP contribution in [0.4, 0.5) is 15.8 Å². The summed E-state index contributed by atoms with van der Waals surface area (Å²) in [5.41, 5.74) is 1.28. The van der Waals surface area contributed by atoms with Gasteiger partial charge in [-0.2, -0.15) is 0 Å². The number of carbonyl (C=O) groups is 2. The lowest BCUT2D eigenvalue weighted by Crippen LogP contribution is -2.18. The van der Waals surface area contributed by atoms with Gasteiger partial charge >= 0.3 is 0 Å². The van der Waals surface area contributed by atoms with Crippen molar-refractivity contribution in [3.63, 3.8) is 0 Å². The maximum absolute atomic E-state index is 13.0. The number of aromatic nitrogens is 1. The minimum Gasteiger partial charge on any atom is -0.489 e. The Kier molecular flexibility index (Phi) is 6.19. The summed E-state index contributed by atoms with van der Waals surface area (Å²) in [6.07, 6.45) is 1.33. The van der Waals surface area contributed by atoms with Gasteiger partial charge in [0.2, 0.25) is 0 Å². The second-order valence-corrected chi connectivity index (χ2v) is 6.51. The van der Waals surface area contributed by atoms with E-state index in [1.54, 1.807) is 18.2 Å². The zero-order valence-electron chi connectivity index (χ0n) is 16.0. The van der Waals surface area contributed by atoms with Crippen LogP contribution < -0.4 is 15.4 Å². The summed E-state index contributed by atoms with van der Waals surface area (Å²) in [5, 5.41) is 5.40. The van der Waals surface area contributed by atoms with Gasteiger partial charge in [0, 0.05) is 17.4 Å². The molecule has 3 rings (SSSR count). The summed E-state index contributed by atoms with van der Waals surface area (Å²) in [7, 11) is 0. The van der Waals surface area contributed by atoms with Crippen molar-refractivity contribution >= 4 is 23.2 Å². The molecule has 0 saturated heterocycles. The van der Waals surface area contributed by atoms with Gasteiger partial charge < -0.3 is 15.4 Å². The molecule has 2 amide bonds. The minimum absolute atomic E-state index is 0.0512. The Morgan fingerprint density at radius 1 is 0.966 bits per heavy atom. The predicted molar refractivity (Wildman–Crippen MR) is 109 cm³/mol. The molecule has 0 bridgehead atoms. The largest absolute Gasteiger partial charge is 0.489 e. The van der Waals surface area contributed by atoms with Crippen molar-refractivity contribution in [3.8, 4) is 5.75 Å². The van der Waals surface area contributed by atoms with Crippen LogP contribution in [0.5, 0.6) is 5.75 Å². The molecule has 1 heterocycles. The number of para-hydroxylation sites is 2. The van der Waals surface area contributed by atoms with Gasteiger partial charge in [0.05, 0.1) is 11.8 Å². The molecular weight excluding hydrogens is 373 g/mol. The lowest BCUT2D eigenvalue weighted by molar-refractivity contribution is 0.102. The van der Waals surface area contributed by atoms with Crippen LogP contribution in [-0.4, -0.2) is 22.9 Å². The molecule has 0 aliphatic heterocycles. The number of hydrogen-bond acceptors (Lipinski definition) is 4. The number of benzene rings is 2. The van der Waals surface area contributed by atoms with Crippen LogP contribution in [-0.2, 0) is 0 Å². The first-order valence-electron chi connectivity index (χ1n) is 9.02. The maximum Gasteiger partial charge on any atom is 0.274 e. The normalized spacial score (nSPS) is 10.5. The van der Waals surface area contributed by atoms with E-state index >= 15 is 0 Å². The van der Waals surface area contributed by atoms with Gasteiger partial charge in [0.25, 0.3) is 11.8 Å². The number of anilines is 2. The molecule has 1 aromatic heterocycles. The monoisotopic (exact) mass is 393 g/mol. The molecule has 0 aliphatic carbocycles. The molecule has 0 atom stereocenters. The highest BCUT2D eigenvalue weighted by molar-refractivity contribution is 6.08. The number of nitrogens with zero attached hydrogens (tertiary/aromatic N) is 1. The molecule has 2 aromatic carbocycles. The first-order chi connectivity index (χ1) is 13.9. The molecule has 2 N–H and O–H groups in total. The van der Waals surface area contributed by atoms with E-state index in [1.807, 2.05) is 19.9 Å². The summed E-state index contributed by atoms with van der Waals surface area (Å²) >= 11 is 0. The van der Waals surface area contributed by atoms with Crippen molar-refractivity contribution in [2.24, 2.45) is 0 Å². The molecule has 0 spiro atoms. The van der Waals surface area contributed by atoms with Gasteiger partial charge in [-0.05, 0) is 62.4 Å². The standard InChI is InChI=1S/C22H20FN3O3/c1-14(2)29-20-6-4-3-5-18(20)26-22(28)19-13-15(11-12-24-19)21(27)25-17-9-7-16(23)8-10-17/h3-14H,1-2H3,(H,25,27)(H,26,28). The van der Waals surface area contributed by atoms with Crippen LogP contribution in [0.15, 0.2) is 66.9 Å². The molecule has 0 saturated carbocycles. The number of carbonyl (C=O) groups excluding carboxylic acids is 2. The minimum atomic E-state index is -0.471. The molecule has 7 heteroatoms. The summed E-state index contributed by atoms with van der Waals surface area (Å²) < 4.78 is 18.7. The number of ether oxygens (including phenoxy) is 1. The van der Waals surface area contributed by atoms with Crippen LogP contribution >= 0.6 is 0 Å². The van der Waals surface area contributed by atoms with Crippen molar-refractivity contribution in [2.45, 2.75) is 20.0 Å². The number of nitrogens with one attached hydrogen (secondary N) is 2. The molecule has 148 valence electrons. The topological polar surface area (TPSA) is 80.3 Å². The predicted octanol–water partition coefficient (Wildman–Crippen LogP) is 4.51. The van der Waals surface area contributed by atoms with Gasteiger partial charge in [0.15, 0.2) is 0 Å². The fourth-order valence-corrected chi connectivity index (χ4v) is 2.55. The smallest absolute Gasteiger partial charge is 0.274 e. The van der Waals surface area contributed by atoms with E-state index in [2.05, 4.69) is 15.6 Å². The Labute approximate surface area is 167 Å². The second-order valence-electron chi connectivity index (χ2n) is 6.51. The fourth-order valence-electron chi connectivity index (χ4n) is 2.55. The quantitative estimate of drug-likeness (QED) is 0.646. The number of pyridine rings is 1. The van der Waals surface area contributed by atoms with Crippen molar-refractivity contribution < 1.29 is 18.7 Å². The average Bonchev–Trinajstić information content (AvgIpc) is 2.71. The van der Waals surface area contributed by atoms with Gasteiger partial charge in [0.1, 0.15) is 17.3 Å². The highest BCUT2D eigenvalue weighted by Crippen LogP contribution is 2.25. The van der Waals surface area contributed by atoms with Crippen LogP contribution in [0.2, 0.25) is 0 Å². The Balaban J connectivity index is 1.74. The van der Waals surface area contributed by atoms with Gasteiger partial charge in [-0.15, -0.1) is 0 Å². The third-order valence-electron chi connectivity index (χ3n) is 3.85. The number of amides is 2. The first kappa shape index (κ1) is 20.0. The summed E-state index contributed by atoms with van der Waals surface area (Å²) in [6.45, 7) is 3.78. The Morgan fingerprint density at radius 2 is 1.69 bits per heavy atom. The van der Waals surface area contributed by atoms with E-state index in [0.717, 1.165) is 0 Å². The Morgan fingerprint density at radius 3 is 2.41 bits per heavy atom. The summed E-state index contributed by atoms with van der Waals surface area (Å²) in [4.78, 5) is 29.1. The molecule has 29 heavy (non-hydrogen) atoms. The van der Waals surface area contributed by atoms with Gasteiger partial charge in [-0.1, -0.05) is 12.1 Å². The van der Waals surface area contributed by atoms with E-state index in [4.69, 9.17) is 4.74 Å². The second kappa shape index (κ2) is 8.97. The van der Waals surface area contributed by atoms with Gasteiger partial charge in [-0.3, -0.25) is 14.6 Å². The lowest BCUT2D eigenvalue weighted by atomic mass is 10.2. The third-order valence-corrected chi connectivity index (χ3v) is 3.85. The molecular formula is C22H20FN3O3. The zero-order chi connectivity index (χ0) is 20.8. The zero-order valence-corrected chi connectivity index (χ0v) is 16.0. The van der Waals surface area contributed by atoms with E-state index in [9.17, 15) is 14.0 Å². The van der Waals surface area contributed by atoms with E-state index in [0.29, 0.717) is 17.1 Å². The molecule has 3 aromatic rings. The SMILES string of the molecule is CC(C)Oc1ccccc1NC(=O)c1cc(C(=O)Nc2ccc(F)cc2)ccn1. The highest BCUT2D eigenvalue weighted by Gasteiger charge is 2.14. The van der Waals surface area contributed by atoms with Crippen molar-refractivity contribution in [1.29, 1.82) is 0 Å². The highest BCUT2D eigenvalue weighted by atomic mass is 19.1. The van der Waals surface area contributed by atoms with Crippen LogP contribution in [0, 0.1) is 5.82 Å². The van der Waals surface area contributed by atoms with Crippen molar-refractivity contribution in [3.05, 3.63) is 83.9 Å². The summed E-state index contributed by atoms with van der Waals surface area (Å²) in [6, 6.07) is 15.4. The summed E-state index contributed by atoms with van der Waals surface area (Å²) in [5.74, 6) is -0.758. The Bertz CT molecular complexity index is 1020. The number of halogens is 1. The molecule has 0 aliphatic rings. The lowest BCUT2D eigenvalue weighted by Gasteiger charge is -2.14. The van der Waals surface area contributed by atoms with E-state index in [1.165, 1.54) is 42.6 Å². The third kappa shape index (κ3) is 5.38. The molecule has 0 unspecified atom stereocenters. The molecule has 0 radical (unpaired) electrons. The number of rotatable bonds is 6. The van der Waals surface area contributed by atoms with Crippen LogP contribution in [0.25, 0.3) is 0 Å². The maximum atomic E-state index is 13.0. The first-order valence-corrected chi connectivity index (χ1v) is 9.02. The van der Waals surface area contributed by atoms with Crippen molar-refractivity contribution in [1.82, 2.24) is 4.98 Å². The van der Waals surface area contributed by atoms with E-state index < -0.39 is 17.6 Å². The van der Waals surface area contributed by atoms with Crippen LogP contribution in [0.1, 0.15) is 34.7 Å². The molecule has 0 fully saturated rings. The average molecular weight is 393 g/mol. The van der Waals surface area contributed by atoms with E-state index in [-0.39, 0.29) is 17.4 Å². The fraction of sp³-hybridized carbons (Fsp3) is 0.136. The van der Waals surface area contributed by atoms with Crippen molar-refractivity contribution in [2.75, 3.05) is 10.6 Å². The Hall–Kier alpha value is -3.74.